The van der Waals surface area contributed by atoms with Gasteiger partial charge in [-0.15, -0.1) is 5.10 Å². The fourth-order valence-electron chi connectivity index (χ4n) is 1.51. The molecule has 0 saturated heterocycles. The van der Waals surface area contributed by atoms with Gasteiger partial charge in [0.15, 0.2) is 11.6 Å². The molecule has 104 valence electrons. The van der Waals surface area contributed by atoms with Gasteiger partial charge in [0.1, 0.15) is 17.3 Å². The van der Waals surface area contributed by atoms with E-state index in [9.17, 15) is 4.39 Å². The van der Waals surface area contributed by atoms with Crippen LogP contribution >= 0.6 is 11.5 Å². The highest BCUT2D eigenvalue weighted by Crippen LogP contribution is 2.22. The third-order valence-corrected chi connectivity index (χ3v) is 3.24. The van der Waals surface area contributed by atoms with Gasteiger partial charge in [-0.25, -0.2) is 4.39 Å². The van der Waals surface area contributed by atoms with Crippen LogP contribution < -0.4 is 10.1 Å². The summed E-state index contributed by atoms with van der Waals surface area (Å²) in [6.07, 6.45) is 0.989. The lowest BCUT2D eigenvalue weighted by Gasteiger charge is -2.07. The van der Waals surface area contributed by atoms with E-state index >= 15 is 0 Å². The largest absolute Gasteiger partial charge is 0.484 e. The quantitative estimate of drug-likeness (QED) is 0.886. The number of nitrogens with zero attached hydrogens (tertiary/aromatic N) is 3. The van der Waals surface area contributed by atoms with Crippen molar-refractivity contribution in [3.63, 3.8) is 0 Å². The molecule has 0 unspecified atom stereocenters. The van der Waals surface area contributed by atoms with E-state index < -0.39 is 5.82 Å². The second-order valence-corrected chi connectivity index (χ2v) is 4.78. The molecule has 0 spiro atoms. The van der Waals surface area contributed by atoms with Crippen LogP contribution in [0.25, 0.3) is 0 Å². The Hall–Kier alpha value is -2.20. The van der Waals surface area contributed by atoms with Gasteiger partial charge in [0.05, 0.1) is 11.6 Å². The highest BCUT2D eigenvalue weighted by molar-refractivity contribution is 7.10. The molecule has 1 heterocycles. The summed E-state index contributed by atoms with van der Waals surface area (Å²) in [5.41, 5.74) is 0.905. The summed E-state index contributed by atoms with van der Waals surface area (Å²) in [7, 11) is 0. The normalized spacial score (nSPS) is 10.1. The minimum atomic E-state index is -0.560. The first-order valence-corrected chi connectivity index (χ1v) is 6.89. The van der Waals surface area contributed by atoms with Crippen molar-refractivity contribution in [3.05, 3.63) is 35.3 Å². The van der Waals surface area contributed by atoms with Gasteiger partial charge in [-0.2, -0.15) is 5.26 Å². The van der Waals surface area contributed by atoms with Crippen LogP contribution in [-0.2, 0) is 6.61 Å². The zero-order chi connectivity index (χ0) is 14.4. The molecular weight excluding hydrogens is 279 g/mol. The van der Waals surface area contributed by atoms with E-state index in [0.717, 1.165) is 24.0 Å². The number of hydrogen-bond donors (Lipinski definition) is 1. The number of nitrogens with one attached hydrogen (secondary N) is 1. The van der Waals surface area contributed by atoms with Gasteiger partial charge in [-0.05, 0) is 24.6 Å². The Balaban J connectivity index is 2.02. The summed E-state index contributed by atoms with van der Waals surface area (Å²) in [6.45, 7) is 3.01. The smallest absolute Gasteiger partial charge is 0.166 e. The van der Waals surface area contributed by atoms with Crippen LogP contribution in [0.2, 0.25) is 0 Å². The maximum absolute atomic E-state index is 13.6. The highest BCUT2D eigenvalue weighted by atomic mass is 32.1. The maximum atomic E-state index is 13.6. The molecule has 0 atom stereocenters. The van der Waals surface area contributed by atoms with Crippen molar-refractivity contribution in [3.8, 4) is 11.8 Å². The Morgan fingerprint density at radius 2 is 2.35 bits per heavy atom. The van der Waals surface area contributed by atoms with Gasteiger partial charge in [-0.3, -0.25) is 0 Å². The summed E-state index contributed by atoms with van der Waals surface area (Å²) in [4.78, 5) is 0. The number of halogens is 1. The van der Waals surface area contributed by atoms with E-state index in [1.54, 1.807) is 0 Å². The monoisotopic (exact) mass is 292 g/mol. The Morgan fingerprint density at radius 3 is 3.05 bits per heavy atom. The van der Waals surface area contributed by atoms with Crippen molar-refractivity contribution >= 4 is 16.5 Å². The minimum Gasteiger partial charge on any atom is -0.484 e. The first-order valence-electron chi connectivity index (χ1n) is 6.12. The third-order valence-electron chi connectivity index (χ3n) is 2.52. The van der Waals surface area contributed by atoms with Gasteiger partial charge in [0, 0.05) is 18.1 Å². The van der Waals surface area contributed by atoms with Crippen molar-refractivity contribution in [1.82, 2.24) is 9.59 Å². The number of hydrogen-bond acceptors (Lipinski definition) is 6. The molecule has 0 aliphatic heterocycles. The average molecular weight is 292 g/mol. The lowest BCUT2D eigenvalue weighted by Crippen LogP contribution is -2.04. The Labute approximate surface area is 120 Å². The van der Waals surface area contributed by atoms with Crippen molar-refractivity contribution in [2.75, 3.05) is 11.9 Å². The van der Waals surface area contributed by atoms with Crippen LogP contribution in [0.4, 0.5) is 9.39 Å². The topological polar surface area (TPSA) is 70.8 Å². The molecule has 0 fully saturated rings. The first-order chi connectivity index (χ1) is 9.74. The van der Waals surface area contributed by atoms with Crippen LogP contribution in [0, 0.1) is 17.1 Å². The molecule has 0 aliphatic carbocycles. The molecule has 1 aromatic heterocycles. The molecule has 0 bridgehead atoms. The zero-order valence-electron chi connectivity index (χ0n) is 10.9. The molecule has 1 N–H and O–H groups in total. The molecule has 7 heteroatoms. The molecule has 0 amide bonds. The second kappa shape index (κ2) is 6.82. The molecular formula is C13H13FN4OS. The number of aromatic nitrogens is 2. The van der Waals surface area contributed by atoms with Crippen molar-refractivity contribution in [2.45, 2.75) is 20.0 Å². The summed E-state index contributed by atoms with van der Waals surface area (Å²) in [5, 5.41) is 16.6. The second-order valence-electron chi connectivity index (χ2n) is 4.02. The molecule has 20 heavy (non-hydrogen) atoms. The standard InChI is InChI=1S/C13H13FN4OS/c1-2-5-16-13-11(17-18-20-13)8-19-12-4-3-9(7-15)6-10(12)14/h3-4,6,16H,2,5,8H2,1H3. The fraction of sp³-hybridized carbons (Fsp3) is 0.308. The van der Waals surface area contributed by atoms with Gasteiger partial charge in [0.2, 0.25) is 0 Å². The summed E-state index contributed by atoms with van der Waals surface area (Å²) >= 11 is 1.25. The molecule has 2 rings (SSSR count). The number of anilines is 1. The Kier molecular flexibility index (Phi) is 4.85. The number of nitriles is 1. The van der Waals surface area contributed by atoms with Crippen molar-refractivity contribution in [1.29, 1.82) is 5.26 Å². The lowest BCUT2D eigenvalue weighted by molar-refractivity contribution is 0.286. The van der Waals surface area contributed by atoms with E-state index in [4.69, 9.17) is 10.00 Å². The summed E-state index contributed by atoms with van der Waals surface area (Å²) < 4.78 is 22.9. The predicted molar refractivity (Wildman–Crippen MR) is 74.1 cm³/mol. The Bertz CT molecular complexity index is 623. The molecule has 0 radical (unpaired) electrons. The fourth-order valence-corrected chi connectivity index (χ4v) is 2.10. The summed E-state index contributed by atoms with van der Waals surface area (Å²) in [5.74, 6) is -0.464. The molecule has 1 aromatic carbocycles. The number of rotatable bonds is 6. The van der Waals surface area contributed by atoms with E-state index in [2.05, 4.69) is 21.8 Å². The maximum Gasteiger partial charge on any atom is 0.166 e. The van der Waals surface area contributed by atoms with Crippen LogP contribution in [0.3, 0.4) is 0 Å². The molecule has 0 saturated carbocycles. The van der Waals surface area contributed by atoms with Crippen molar-refractivity contribution < 1.29 is 9.13 Å². The Morgan fingerprint density at radius 1 is 1.50 bits per heavy atom. The van der Waals surface area contributed by atoms with E-state index in [0.29, 0.717) is 5.69 Å². The number of benzene rings is 1. The first kappa shape index (κ1) is 14.2. The van der Waals surface area contributed by atoms with Crippen LogP contribution in [-0.4, -0.2) is 16.1 Å². The third kappa shape index (κ3) is 3.42. The van der Waals surface area contributed by atoms with E-state index in [-0.39, 0.29) is 17.9 Å². The van der Waals surface area contributed by atoms with Crippen LogP contribution in [0.1, 0.15) is 24.6 Å². The van der Waals surface area contributed by atoms with Gasteiger partial charge in [0.25, 0.3) is 0 Å². The van der Waals surface area contributed by atoms with Crippen LogP contribution in [0.15, 0.2) is 18.2 Å². The molecule has 0 aliphatic rings. The molecule has 5 nitrogen and oxygen atoms in total. The lowest BCUT2D eigenvalue weighted by atomic mass is 10.2. The van der Waals surface area contributed by atoms with Crippen LogP contribution in [0.5, 0.6) is 5.75 Å². The predicted octanol–water partition coefficient (Wildman–Crippen LogP) is 2.95. The SMILES string of the molecule is CCCNc1snnc1COc1ccc(C#N)cc1F. The highest BCUT2D eigenvalue weighted by Gasteiger charge is 2.10. The van der Waals surface area contributed by atoms with E-state index in [1.807, 2.05) is 6.07 Å². The summed E-state index contributed by atoms with van der Waals surface area (Å²) in [6, 6.07) is 5.96. The van der Waals surface area contributed by atoms with E-state index in [1.165, 1.54) is 23.7 Å². The average Bonchev–Trinajstić information content (AvgIpc) is 2.91. The van der Waals surface area contributed by atoms with Crippen molar-refractivity contribution in [2.24, 2.45) is 0 Å². The van der Waals surface area contributed by atoms with Gasteiger partial charge >= 0.3 is 0 Å². The molecule has 2 aromatic rings. The van der Waals surface area contributed by atoms with Gasteiger partial charge in [-0.1, -0.05) is 11.4 Å². The zero-order valence-corrected chi connectivity index (χ0v) is 11.7. The minimum absolute atomic E-state index is 0.0958. The van der Waals surface area contributed by atoms with Gasteiger partial charge < -0.3 is 10.1 Å². The number of ether oxygens (including phenoxy) is 1.